The zero-order chi connectivity index (χ0) is 21.1. The molecule has 1 fully saturated rings. The fourth-order valence-corrected chi connectivity index (χ4v) is 3.60. The van der Waals surface area contributed by atoms with Crippen molar-refractivity contribution in [2.75, 3.05) is 11.9 Å². The molecule has 2 heterocycles. The van der Waals surface area contributed by atoms with Crippen LogP contribution in [0.5, 0.6) is 0 Å². The molecule has 0 aliphatic carbocycles. The van der Waals surface area contributed by atoms with Gasteiger partial charge in [0.1, 0.15) is 0 Å². The predicted octanol–water partition coefficient (Wildman–Crippen LogP) is 2.32. The number of amides is 1. The summed E-state index contributed by atoms with van der Waals surface area (Å²) in [5, 5.41) is 10.4. The molecule has 2 aromatic rings. The van der Waals surface area contributed by atoms with E-state index >= 15 is 0 Å². The molecule has 3 unspecified atom stereocenters. The fraction of sp³-hybridized carbons (Fsp3) is 0.524. The van der Waals surface area contributed by atoms with Crippen molar-refractivity contribution in [2.45, 2.75) is 59.8 Å². The third-order valence-corrected chi connectivity index (χ3v) is 5.40. The van der Waals surface area contributed by atoms with E-state index in [9.17, 15) is 9.59 Å². The minimum absolute atomic E-state index is 0.109. The van der Waals surface area contributed by atoms with Gasteiger partial charge in [-0.1, -0.05) is 0 Å². The van der Waals surface area contributed by atoms with E-state index in [1.165, 1.54) is 11.1 Å². The van der Waals surface area contributed by atoms with Crippen LogP contribution in [0.1, 0.15) is 43.5 Å². The second-order valence-electron chi connectivity index (χ2n) is 7.58. The number of carbonyl (C=O) groups excluding carboxylic acids is 2. The fourth-order valence-electron chi connectivity index (χ4n) is 3.60. The number of benzene rings is 1. The third kappa shape index (κ3) is 4.82. The Morgan fingerprint density at radius 3 is 2.62 bits per heavy atom. The molecule has 0 radical (unpaired) electrons. The lowest BCUT2D eigenvalue weighted by Crippen LogP contribution is -2.63. The molecule has 0 saturated carbocycles. The van der Waals surface area contributed by atoms with Crippen LogP contribution in [0.25, 0.3) is 10.9 Å². The molecule has 1 aromatic heterocycles. The van der Waals surface area contributed by atoms with Gasteiger partial charge in [0.2, 0.25) is 11.9 Å². The van der Waals surface area contributed by atoms with Gasteiger partial charge in [-0.05, 0) is 64.3 Å². The van der Waals surface area contributed by atoms with Gasteiger partial charge in [-0.2, -0.15) is 0 Å². The van der Waals surface area contributed by atoms with Crippen LogP contribution in [-0.2, 0) is 14.3 Å². The number of nitrogens with zero attached hydrogens (tertiary/aromatic N) is 2. The first kappa shape index (κ1) is 21.0. The van der Waals surface area contributed by atoms with Crippen molar-refractivity contribution in [1.29, 1.82) is 0 Å². The molecule has 1 aromatic carbocycles. The highest BCUT2D eigenvalue weighted by atomic mass is 16.5. The molecule has 1 aliphatic rings. The van der Waals surface area contributed by atoms with E-state index in [0.29, 0.717) is 19.0 Å². The van der Waals surface area contributed by atoms with Crippen LogP contribution in [0.4, 0.5) is 5.95 Å². The average molecular weight is 399 g/mol. The number of hydrogen-bond donors (Lipinski definition) is 3. The summed E-state index contributed by atoms with van der Waals surface area (Å²) < 4.78 is 4.95. The van der Waals surface area contributed by atoms with Crippen LogP contribution in [0, 0.1) is 26.7 Å². The highest BCUT2D eigenvalue weighted by molar-refractivity contribution is 5.84. The van der Waals surface area contributed by atoms with Crippen LogP contribution in [0.3, 0.4) is 0 Å². The number of fused-ring (bicyclic) bond motifs is 1. The number of rotatable bonds is 6. The van der Waals surface area contributed by atoms with Gasteiger partial charge in [-0.15, -0.1) is 0 Å². The third-order valence-electron chi connectivity index (χ3n) is 5.40. The van der Waals surface area contributed by atoms with Crippen LogP contribution in [0.15, 0.2) is 12.1 Å². The van der Waals surface area contributed by atoms with Gasteiger partial charge >= 0.3 is 5.97 Å². The minimum atomic E-state index is -0.486. The minimum Gasteiger partial charge on any atom is -0.466 e. The maximum absolute atomic E-state index is 12.6. The highest BCUT2D eigenvalue weighted by Crippen LogP contribution is 2.22. The Morgan fingerprint density at radius 2 is 1.93 bits per heavy atom. The molecule has 0 bridgehead atoms. The van der Waals surface area contributed by atoms with Gasteiger partial charge in [-0.25, -0.2) is 9.97 Å². The average Bonchev–Trinajstić information content (AvgIpc) is 2.63. The molecule has 3 N–H and O–H groups in total. The van der Waals surface area contributed by atoms with Crippen LogP contribution in [0.2, 0.25) is 0 Å². The summed E-state index contributed by atoms with van der Waals surface area (Å²) in [4.78, 5) is 33.3. The number of nitrogens with one attached hydrogen (secondary N) is 3. The molecule has 8 heteroatoms. The van der Waals surface area contributed by atoms with Crippen molar-refractivity contribution in [1.82, 2.24) is 20.6 Å². The van der Waals surface area contributed by atoms with E-state index in [-0.39, 0.29) is 30.3 Å². The van der Waals surface area contributed by atoms with E-state index in [2.05, 4.69) is 45.8 Å². The summed E-state index contributed by atoms with van der Waals surface area (Å²) in [6.07, 6.45) is 0.178. The Hall–Kier alpha value is -2.74. The molecular formula is C21H29N5O3. The summed E-state index contributed by atoms with van der Waals surface area (Å²) in [6.45, 7) is 10.1. The molecule has 1 aliphatic heterocycles. The maximum Gasteiger partial charge on any atom is 0.305 e. The van der Waals surface area contributed by atoms with Crippen molar-refractivity contribution in [3.8, 4) is 0 Å². The second kappa shape index (κ2) is 8.73. The van der Waals surface area contributed by atoms with Gasteiger partial charge in [0, 0.05) is 17.8 Å². The summed E-state index contributed by atoms with van der Waals surface area (Å²) in [6, 6.07) is 4.04. The van der Waals surface area contributed by atoms with Crippen molar-refractivity contribution in [3.05, 3.63) is 29.0 Å². The summed E-state index contributed by atoms with van der Waals surface area (Å²) >= 11 is 0. The number of esters is 1. The van der Waals surface area contributed by atoms with Crippen molar-refractivity contribution in [2.24, 2.45) is 5.92 Å². The lowest BCUT2D eigenvalue weighted by atomic mass is 9.93. The standard InChI is InChI=1S/C21H29N5O3/c1-6-29-18(27)8-7-15-13(4)22-21(25-19(15)28)26-20-23-14(5)16-9-11(2)12(3)10-17(16)24-20/h9-10,13,15,21-22H,6-8H2,1-5H3,(H,25,28)(H,23,24,26). The molecule has 29 heavy (non-hydrogen) atoms. The van der Waals surface area contributed by atoms with Gasteiger partial charge < -0.3 is 15.4 Å². The summed E-state index contributed by atoms with van der Waals surface area (Å²) in [5.41, 5.74) is 4.12. The predicted molar refractivity (Wildman–Crippen MR) is 111 cm³/mol. The SMILES string of the molecule is CCOC(=O)CCC1C(=O)NC(Nc2nc(C)c3cc(C)c(C)cc3n2)NC1C. The second-order valence-corrected chi connectivity index (χ2v) is 7.58. The molecule has 8 nitrogen and oxygen atoms in total. The van der Waals surface area contributed by atoms with Crippen molar-refractivity contribution >= 4 is 28.7 Å². The van der Waals surface area contributed by atoms with E-state index < -0.39 is 6.29 Å². The molecule has 156 valence electrons. The van der Waals surface area contributed by atoms with Gasteiger partial charge in [-0.3, -0.25) is 14.9 Å². The highest BCUT2D eigenvalue weighted by Gasteiger charge is 2.33. The van der Waals surface area contributed by atoms with E-state index in [4.69, 9.17) is 4.74 Å². The first-order chi connectivity index (χ1) is 13.8. The normalized spacial score (nSPS) is 21.7. The van der Waals surface area contributed by atoms with Crippen molar-refractivity contribution in [3.63, 3.8) is 0 Å². The molecule has 3 atom stereocenters. The topological polar surface area (TPSA) is 105 Å². The molecule has 1 saturated heterocycles. The smallest absolute Gasteiger partial charge is 0.305 e. The first-order valence-corrected chi connectivity index (χ1v) is 10.0. The largest absolute Gasteiger partial charge is 0.466 e. The lowest BCUT2D eigenvalue weighted by molar-refractivity contribution is -0.143. The monoisotopic (exact) mass is 399 g/mol. The van der Waals surface area contributed by atoms with Crippen LogP contribution >= 0.6 is 0 Å². The summed E-state index contributed by atoms with van der Waals surface area (Å²) in [7, 11) is 0. The number of ether oxygens (including phenoxy) is 1. The Bertz CT molecular complexity index is 930. The maximum atomic E-state index is 12.6. The quantitative estimate of drug-likeness (QED) is 0.640. The number of carbonyl (C=O) groups is 2. The molecule has 3 rings (SSSR count). The first-order valence-electron chi connectivity index (χ1n) is 10.0. The van der Waals surface area contributed by atoms with Crippen LogP contribution in [-0.4, -0.2) is 40.8 Å². The van der Waals surface area contributed by atoms with Crippen LogP contribution < -0.4 is 16.0 Å². The summed E-state index contributed by atoms with van der Waals surface area (Å²) in [5.74, 6) is -0.240. The Kier molecular flexibility index (Phi) is 6.32. The van der Waals surface area contributed by atoms with E-state index in [1.54, 1.807) is 6.92 Å². The number of anilines is 1. The zero-order valence-corrected chi connectivity index (χ0v) is 17.6. The zero-order valence-electron chi connectivity index (χ0n) is 17.6. The number of aryl methyl sites for hydroxylation is 3. The number of aromatic nitrogens is 2. The van der Waals surface area contributed by atoms with Gasteiger partial charge in [0.25, 0.3) is 0 Å². The Balaban J connectivity index is 1.68. The van der Waals surface area contributed by atoms with Gasteiger partial charge in [0.05, 0.1) is 23.7 Å². The van der Waals surface area contributed by atoms with Gasteiger partial charge in [0.15, 0.2) is 6.29 Å². The molecule has 0 spiro atoms. The Morgan fingerprint density at radius 1 is 1.21 bits per heavy atom. The molecule has 1 amide bonds. The number of hydrogen-bond acceptors (Lipinski definition) is 7. The Labute approximate surface area is 170 Å². The van der Waals surface area contributed by atoms with E-state index in [1.807, 2.05) is 19.9 Å². The lowest BCUT2D eigenvalue weighted by Gasteiger charge is -2.35. The molecular weight excluding hydrogens is 370 g/mol. The van der Waals surface area contributed by atoms with E-state index in [0.717, 1.165) is 16.6 Å². The van der Waals surface area contributed by atoms with Crippen molar-refractivity contribution < 1.29 is 14.3 Å².